The van der Waals surface area contributed by atoms with Crippen LogP contribution in [0.25, 0.3) is 11.3 Å². The molecule has 0 aliphatic heterocycles. The fourth-order valence-electron chi connectivity index (χ4n) is 3.33. The van der Waals surface area contributed by atoms with Gasteiger partial charge in [-0.1, -0.05) is 30.3 Å². The van der Waals surface area contributed by atoms with E-state index in [-0.39, 0.29) is 29.1 Å². The van der Waals surface area contributed by atoms with Crippen molar-refractivity contribution in [3.63, 3.8) is 0 Å². The number of H-pyrrole nitrogens is 1. The third-order valence-electron chi connectivity index (χ3n) is 4.89. The van der Waals surface area contributed by atoms with Crippen molar-refractivity contribution in [1.29, 1.82) is 0 Å². The SMILES string of the molecule is NC(=O)c1c(-c2ccc(NC(=O)Cc3cccc(C(F)(F)F)c3)cc2)n[nH]c1Nc1cnccn1. The average Bonchev–Trinajstić information content (AvgIpc) is 3.23. The van der Waals surface area contributed by atoms with Gasteiger partial charge in [-0.2, -0.15) is 18.3 Å². The Hall–Kier alpha value is -4.74. The molecule has 2 aromatic carbocycles. The summed E-state index contributed by atoms with van der Waals surface area (Å²) >= 11 is 0. The summed E-state index contributed by atoms with van der Waals surface area (Å²) in [5.41, 5.74) is 6.32. The smallest absolute Gasteiger partial charge is 0.365 e. The molecule has 0 atom stereocenters. The van der Waals surface area contributed by atoms with Gasteiger partial charge >= 0.3 is 6.18 Å². The van der Waals surface area contributed by atoms with Crippen LogP contribution in [-0.4, -0.2) is 32.0 Å². The van der Waals surface area contributed by atoms with Crippen molar-refractivity contribution in [2.45, 2.75) is 12.6 Å². The molecular weight excluding hydrogens is 463 g/mol. The van der Waals surface area contributed by atoms with Gasteiger partial charge in [0.25, 0.3) is 5.91 Å². The van der Waals surface area contributed by atoms with Crippen molar-refractivity contribution in [2.75, 3.05) is 10.6 Å². The summed E-state index contributed by atoms with van der Waals surface area (Å²) in [5.74, 6) is -0.584. The van der Waals surface area contributed by atoms with Crippen LogP contribution in [0.5, 0.6) is 0 Å². The second-order valence-corrected chi connectivity index (χ2v) is 7.40. The maximum atomic E-state index is 12.9. The van der Waals surface area contributed by atoms with Crippen LogP contribution in [0.3, 0.4) is 0 Å². The number of aromatic amines is 1. The largest absolute Gasteiger partial charge is 0.416 e. The van der Waals surface area contributed by atoms with Crippen LogP contribution in [0.2, 0.25) is 0 Å². The number of primary amides is 1. The Labute approximate surface area is 196 Å². The van der Waals surface area contributed by atoms with Gasteiger partial charge in [-0.05, 0) is 23.8 Å². The molecule has 0 unspecified atom stereocenters. The van der Waals surface area contributed by atoms with E-state index in [9.17, 15) is 22.8 Å². The summed E-state index contributed by atoms with van der Waals surface area (Å²) in [7, 11) is 0. The number of aromatic nitrogens is 4. The number of rotatable bonds is 7. The second kappa shape index (κ2) is 9.63. The van der Waals surface area contributed by atoms with Gasteiger partial charge in [0.2, 0.25) is 5.91 Å². The molecule has 4 aromatic rings. The molecule has 9 nitrogen and oxygen atoms in total. The van der Waals surface area contributed by atoms with E-state index in [0.29, 0.717) is 17.1 Å². The zero-order valence-corrected chi connectivity index (χ0v) is 17.9. The number of hydrogen-bond donors (Lipinski definition) is 4. The Bertz CT molecular complexity index is 1350. The number of carbonyl (C=O) groups is 2. The Kier molecular flexibility index (Phi) is 6.44. The highest BCUT2D eigenvalue weighted by Crippen LogP contribution is 2.30. The van der Waals surface area contributed by atoms with Crippen LogP contribution in [0.4, 0.5) is 30.5 Å². The highest BCUT2D eigenvalue weighted by molar-refractivity contribution is 6.04. The molecule has 4 rings (SSSR count). The molecule has 0 bridgehead atoms. The molecule has 178 valence electrons. The van der Waals surface area contributed by atoms with E-state index < -0.39 is 23.6 Å². The zero-order chi connectivity index (χ0) is 25.0. The number of nitrogens with two attached hydrogens (primary N) is 1. The summed E-state index contributed by atoms with van der Waals surface area (Å²) < 4.78 is 38.6. The van der Waals surface area contributed by atoms with Crippen molar-refractivity contribution in [2.24, 2.45) is 5.73 Å². The molecule has 0 aliphatic rings. The van der Waals surface area contributed by atoms with Crippen LogP contribution in [0.1, 0.15) is 21.5 Å². The van der Waals surface area contributed by atoms with Crippen LogP contribution >= 0.6 is 0 Å². The van der Waals surface area contributed by atoms with Gasteiger partial charge in [0, 0.05) is 23.6 Å². The zero-order valence-electron chi connectivity index (χ0n) is 17.9. The van der Waals surface area contributed by atoms with Gasteiger partial charge in [0.1, 0.15) is 22.9 Å². The number of hydrogen-bond acceptors (Lipinski definition) is 6. The number of alkyl halides is 3. The third-order valence-corrected chi connectivity index (χ3v) is 4.89. The van der Waals surface area contributed by atoms with E-state index >= 15 is 0 Å². The lowest BCUT2D eigenvalue weighted by Gasteiger charge is -2.09. The molecule has 0 spiro atoms. The first-order valence-electron chi connectivity index (χ1n) is 10.2. The predicted octanol–water partition coefficient (Wildman–Crippen LogP) is 3.91. The lowest BCUT2D eigenvalue weighted by molar-refractivity contribution is -0.137. The molecule has 0 radical (unpaired) electrons. The Balaban J connectivity index is 1.47. The molecule has 0 aliphatic carbocycles. The second-order valence-electron chi connectivity index (χ2n) is 7.40. The van der Waals surface area contributed by atoms with E-state index in [4.69, 9.17) is 5.73 Å². The van der Waals surface area contributed by atoms with Gasteiger partial charge in [0.05, 0.1) is 18.2 Å². The summed E-state index contributed by atoms with van der Waals surface area (Å²) in [6.07, 6.45) is -0.277. The van der Waals surface area contributed by atoms with Crippen molar-refractivity contribution >= 4 is 29.1 Å². The normalized spacial score (nSPS) is 11.2. The predicted molar refractivity (Wildman–Crippen MR) is 122 cm³/mol. The molecule has 0 saturated heterocycles. The third kappa shape index (κ3) is 5.61. The van der Waals surface area contributed by atoms with E-state index in [1.54, 1.807) is 24.3 Å². The molecular formula is C23H18F3N7O2. The number of nitrogens with one attached hydrogen (secondary N) is 3. The Morgan fingerprint density at radius 2 is 1.83 bits per heavy atom. The number of amides is 2. The quantitative estimate of drug-likeness (QED) is 0.316. The molecule has 0 saturated carbocycles. The van der Waals surface area contributed by atoms with Gasteiger partial charge in [-0.15, -0.1) is 0 Å². The van der Waals surface area contributed by atoms with E-state index in [2.05, 4.69) is 30.8 Å². The number of benzene rings is 2. The minimum atomic E-state index is -4.48. The van der Waals surface area contributed by atoms with Gasteiger partial charge in [-0.25, -0.2) is 4.98 Å². The fraction of sp³-hybridized carbons (Fsp3) is 0.0870. The van der Waals surface area contributed by atoms with Crippen molar-refractivity contribution < 1.29 is 22.8 Å². The van der Waals surface area contributed by atoms with Crippen LogP contribution < -0.4 is 16.4 Å². The van der Waals surface area contributed by atoms with Crippen LogP contribution in [-0.2, 0) is 17.4 Å². The van der Waals surface area contributed by atoms with Gasteiger partial charge in [0.15, 0.2) is 0 Å². The first-order chi connectivity index (χ1) is 16.7. The van der Waals surface area contributed by atoms with Crippen LogP contribution in [0, 0.1) is 0 Å². The number of anilines is 3. The molecule has 2 amide bonds. The molecule has 12 heteroatoms. The molecule has 0 fully saturated rings. The van der Waals surface area contributed by atoms with E-state index in [1.807, 2.05) is 0 Å². The molecule has 2 aromatic heterocycles. The summed E-state index contributed by atoms with van der Waals surface area (Å²) in [6.45, 7) is 0. The van der Waals surface area contributed by atoms with E-state index in [1.165, 1.54) is 30.7 Å². The number of carbonyl (C=O) groups excluding carboxylic acids is 2. The average molecular weight is 481 g/mol. The molecule has 5 N–H and O–H groups in total. The summed E-state index contributed by atoms with van der Waals surface area (Å²) in [4.78, 5) is 32.4. The number of nitrogens with zero attached hydrogens (tertiary/aromatic N) is 3. The van der Waals surface area contributed by atoms with Crippen molar-refractivity contribution in [1.82, 2.24) is 20.2 Å². The lowest BCUT2D eigenvalue weighted by atomic mass is 10.1. The molecule has 35 heavy (non-hydrogen) atoms. The number of halogens is 3. The first kappa shape index (κ1) is 23.4. The maximum absolute atomic E-state index is 12.9. The molecule has 2 heterocycles. The van der Waals surface area contributed by atoms with Crippen molar-refractivity contribution in [3.05, 3.63) is 83.8 Å². The highest BCUT2D eigenvalue weighted by atomic mass is 19.4. The maximum Gasteiger partial charge on any atom is 0.416 e. The monoisotopic (exact) mass is 481 g/mol. The highest BCUT2D eigenvalue weighted by Gasteiger charge is 2.30. The fourth-order valence-corrected chi connectivity index (χ4v) is 3.33. The first-order valence-corrected chi connectivity index (χ1v) is 10.2. The standard InChI is InChI=1S/C23H18F3N7O2/c24-23(25,26)15-3-1-2-13(10-15)11-18(34)30-16-6-4-14(5-7-16)20-19(21(27)35)22(33-32-20)31-17-12-28-8-9-29-17/h1-10,12H,11H2,(H2,27,35)(H,30,34)(H2,29,31,32,33). The topological polar surface area (TPSA) is 139 Å². The summed E-state index contributed by atoms with van der Waals surface area (Å²) in [6, 6.07) is 11.0. The lowest BCUT2D eigenvalue weighted by Crippen LogP contribution is -2.15. The van der Waals surface area contributed by atoms with E-state index in [0.717, 1.165) is 12.1 Å². The van der Waals surface area contributed by atoms with Gasteiger partial charge < -0.3 is 16.4 Å². The van der Waals surface area contributed by atoms with Gasteiger partial charge in [-0.3, -0.25) is 19.7 Å². The van der Waals surface area contributed by atoms with Crippen LogP contribution in [0.15, 0.2) is 67.1 Å². The van der Waals surface area contributed by atoms with Crippen molar-refractivity contribution in [3.8, 4) is 11.3 Å². The Morgan fingerprint density at radius 1 is 1.06 bits per heavy atom. The minimum Gasteiger partial charge on any atom is -0.365 e. The Morgan fingerprint density at radius 3 is 2.49 bits per heavy atom. The summed E-state index contributed by atoms with van der Waals surface area (Å²) in [5, 5.41) is 12.4. The minimum absolute atomic E-state index is 0.108.